The molecule has 1 aliphatic carbocycles. The topological polar surface area (TPSA) is 66.5 Å². The summed E-state index contributed by atoms with van der Waals surface area (Å²) in [6.45, 7) is 5.72. The molecule has 2 fully saturated rings. The zero-order valence-corrected chi connectivity index (χ0v) is 16.0. The molecule has 138 valence electrons. The molecule has 1 N–H and O–H groups in total. The SMILES string of the molecule is Cc1ccc(C2(CNC(=O)CCN3CCCS3(=O)=O)CCC2)cc1C. The quantitative estimate of drug-likeness (QED) is 0.842. The number of benzene rings is 1. The van der Waals surface area contributed by atoms with E-state index in [2.05, 4.69) is 37.4 Å². The summed E-state index contributed by atoms with van der Waals surface area (Å²) in [5.41, 5.74) is 3.93. The predicted octanol–water partition coefficient (Wildman–Crippen LogP) is 2.27. The number of nitrogens with zero attached hydrogens (tertiary/aromatic N) is 1. The van der Waals surface area contributed by atoms with Crippen molar-refractivity contribution in [3.63, 3.8) is 0 Å². The number of nitrogens with one attached hydrogen (secondary N) is 1. The highest BCUT2D eigenvalue weighted by Gasteiger charge is 2.39. The highest BCUT2D eigenvalue weighted by molar-refractivity contribution is 7.89. The number of hydrogen-bond acceptors (Lipinski definition) is 3. The van der Waals surface area contributed by atoms with Crippen LogP contribution in [-0.2, 0) is 20.2 Å². The van der Waals surface area contributed by atoms with Crippen LogP contribution in [0.15, 0.2) is 18.2 Å². The van der Waals surface area contributed by atoms with E-state index in [1.807, 2.05) is 0 Å². The van der Waals surface area contributed by atoms with E-state index < -0.39 is 10.0 Å². The van der Waals surface area contributed by atoms with Gasteiger partial charge in [-0.05, 0) is 49.8 Å². The molecular weight excluding hydrogens is 336 g/mol. The first kappa shape index (κ1) is 18.4. The van der Waals surface area contributed by atoms with Gasteiger partial charge in [0.15, 0.2) is 0 Å². The van der Waals surface area contributed by atoms with Crippen molar-refractivity contribution in [1.29, 1.82) is 0 Å². The van der Waals surface area contributed by atoms with Crippen molar-refractivity contribution in [2.75, 3.05) is 25.4 Å². The largest absolute Gasteiger partial charge is 0.355 e. The molecule has 1 aromatic carbocycles. The van der Waals surface area contributed by atoms with Gasteiger partial charge in [-0.1, -0.05) is 24.6 Å². The molecule has 0 spiro atoms. The molecule has 1 heterocycles. The lowest BCUT2D eigenvalue weighted by Gasteiger charge is -2.43. The second kappa shape index (κ2) is 7.08. The van der Waals surface area contributed by atoms with Crippen LogP contribution in [0.2, 0.25) is 0 Å². The lowest BCUT2D eigenvalue weighted by atomic mass is 9.64. The van der Waals surface area contributed by atoms with E-state index in [0.29, 0.717) is 26.1 Å². The van der Waals surface area contributed by atoms with Crippen molar-refractivity contribution in [1.82, 2.24) is 9.62 Å². The Morgan fingerprint density at radius 3 is 2.52 bits per heavy atom. The van der Waals surface area contributed by atoms with Gasteiger partial charge in [0.1, 0.15) is 0 Å². The van der Waals surface area contributed by atoms with Crippen LogP contribution in [0.1, 0.15) is 48.8 Å². The number of amides is 1. The van der Waals surface area contributed by atoms with Crippen molar-refractivity contribution in [2.24, 2.45) is 0 Å². The van der Waals surface area contributed by atoms with Crippen molar-refractivity contribution in [2.45, 2.75) is 51.4 Å². The van der Waals surface area contributed by atoms with E-state index in [1.54, 1.807) is 0 Å². The van der Waals surface area contributed by atoms with Gasteiger partial charge in [-0.3, -0.25) is 4.79 Å². The Hall–Kier alpha value is -1.40. The maximum absolute atomic E-state index is 12.2. The van der Waals surface area contributed by atoms with Crippen molar-refractivity contribution in [3.05, 3.63) is 34.9 Å². The highest BCUT2D eigenvalue weighted by atomic mass is 32.2. The van der Waals surface area contributed by atoms with E-state index in [-0.39, 0.29) is 23.5 Å². The summed E-state index contributed by atoms with van der Waals surface area (Å²) in [5, 5.41) is 3.05. The summed E-state index contributed by atoms with van der Waals surface area (Å²) in [7, 11) is -3.12. The molecule has 0 aromatic heterocycles. The summed E-state index contributed by atoms with van der Waals surface area (Å²) in [5.74, 6) is 0.155. The first-order valence-corrected chi connectivity index (χ1v) is 10.8. The fourth-order valence-corrected chi connectivity index (χ4v) is 5.30. The third kappa shape index (κ3) is 3.90. The molecule has 2 aliphatic rings. The lowest BCUT2D eigenvalue weighted by Crippen LogP contribution is -2.46. The molecule has 0 unspecified atom stereocenters. The van der Waals surface area contributed by atoms with Gasteiger partial charge in [0, 0.05) is 31.5 Å². The zero-order chi connectivity index (χ0) is 18.1. The van der Waals surface area contributed by atoms with Gasteiger partial charge in [-0.15, -0.1) is 0 Å². The Morgan fingerprint density at radius 2 is 1.96 bits per heavy atom. The van der Waals surface area contributed by atoms with Gasteiger partial charge >= 0.3 is 0 Å². The highest BCUT2D eigenvalue weighted by Crippen LogP contribution is 2.43. The minimum absolute atomic E-state index is 0.0494. The minimum Gasteiger partial charge on any atom is -0.355 e. The first-order valence-electron chi connectivity index (χ1n) is 9.15. The van der Waals surface area contributed by atoms with Crippen molar-refractivity contribution in [3.8, 4) is 0 Å². The summed E-state index contributed by atoms with van der Waals surface area (Å²) < 4.78 is 25.0. The number of carbonyl (C=O) groups excluding carboxylic acids is 1. The van der Waals surface area contributed by atoms with E-state index in [1.165, 1.54) is 27.4 Å². The molecule has 1 saturated heterocycles. The number of sulfonamides is 1. The van der Waals surface area contributed by atoms with Crippen molar-refractivity contribution < 1.29 is 13.2 Å². The Kier molecular flexibility index (Phi) is 5.21. The molecule has 1 saturated carbocycles. The Labute approximate surface area is 150 Å². The molecular formula is C19H28N2O3S. The van der Waals surface area contributed by atoms with E-state index >= 15 is 0 Å². The molecule has 25 heavy (non-hydrogen) atoms. The molecule has 6 heteroatoms. The second-order valence-corrected chi connectivity index (χ2v) is 9.62. The average molecular weight is 365 g/mol. The molecule has 0 bridgehead atoms. The molecule has 1 amide bonds. The molecule has 3 rings (SSSR count). The Balaban J connectivity index is 1.56. The van der Waals surface area contributed by atoms with Crippen molar-refractivity contribution >= 4 is 15.9 Å². The number of rotatable bonds is 6. The molecule has 5 nitrogen and oxygen atoms in total. The molecule has 1 aromatic rings. The molecule has 0 atom stereocenters. The fourth-order valence-electron chi connectivity index (χ4n) is 3.77. The van der Waals surface area contributed by atoms with Crippen LogP contribution in [0.5, 0.6) is 0 Å². The van der Waals surface area contributed by atoms with Crippen LogP contribution in [0.3, 0.4) is 0 Å². The third-order valence-corrected chi connectivity index (χ3v) is 7.80. The van der Waals surface area contributed by atoms with E-state index in [4.69, 9.17) is 0 Å². The lowest BCUT2D eigenvalue weighted by molar-refractivity contribution is -0.121. The summed E-state index contributed by atoms with van der Waals surface area (Å²) in [4.78, 5) is 12.2. The summed E-state index contributed by atoms with van der Waals surface area (Å²) in [6.07, 6.45) is 4.28. The van der Waals surface area contributed by atoms with Gasteiger partial charge in [-0.25, -0.2) is 12.7 Å². The Bertz CT molecular complexity index is 754. The van der Waals surface area contributed by atoms with Crippen LogP contribution >= 0.6 is 0 Å². The van der Waals surface area contributed by atoms with Gasteiger partial charge < -0.3 is 5.32 Å². The summed E-state index contributed by atoms with van der Waals surface area (Å²) >= 11 is 0. The smallest absolute Gasteiger partial charge is 0.221 e. The molecule has 1 aliphatic heterocycles. The maximum Gasteiger partial charge on any atom is 0.221 e. The van der Waals surface area contributed by atoms with Crippen LogP contribution < -0.4 is 5.32 Å². The van der Waals surface area contributed by atoms with E-state index in [0.717, 1.165) is 12.8 Å². The number of aryl methyl sites for hydroxylation is 2. The van der Waals surface area contributed by atoms with Gasteiger partial charge in [0.05, 0.1) is 5.75 Å². The fraction of sp³-hybridized carbons (Fsp3) is 0.632. The maximum atomic E-state index is 12.2. The van der Waals surface area contributed by atoms with Crippen LogP contribution in [0, 0.1) is 13.8 Å². The zero-order valence-electron chi connectivity index (χ0n) is 15.2. The van der Waals surface area contributed by atoms with Crippen LogP contribution in [0.25, 0.3) is 0 Å². The van der Waals surface area contributed by atoms with Gasteiger partial charge in [0.25, 0.3) is 0 Å². The van der Waals surface area contributed by atoms with Crippen LogP contribution in [0.4, 0.5) is 0 Å². The Morgan fingerprint density at radius 1 is 1.20 bits per heavy atom. The molecule has 0 radical (unpaired) electrons. The number of hydrogen-bond donors (Lipinski definition) is 1. The third-order valence-electron chi connectivity index (χ3n) is 5.85. The van der Waals surface area contributed by atoms with Gasteiger partial charge in [-0.2, -0.15) is 0 Å². The first-order chi connectivity index (χ1) is 11.8. The van der Waals surface area contributed by atoms with Gasteiger partial charge in [0.2, 0.25) is 15.9 Å². The summed E-state index contributed by atoms with van der Waals surface area (Å²) in [6, 6.07) is 6.59. The normalized spacial score (nSPS) is 21.7. The average Bonchev–Trinajstić information content (AvgIpc) is 2.86. The number of carbonyl (C=O) groups is 1. The van der Waals surface area contributed by atoms with E-state index in [9.17, 15) is 13.2 Å². The predicted molar refractivity (Wildman–Crippen MR) is 99.0 cm³/mol. The second-order valence-electron chi connectivity index (χ2n) is 7.53. The minimum atomic E-state index is -3.12. The van der Waals surface area contributed by atoms with Crippen LogP contribution in [-0.4, -0.2) is 44.0 Å². The monoisotopic (exact) mass is 364 g/mol. The standard InChI is InChI=1S/C19H28N2O3S/c1-15-5-6-17(13-16(15)2)19(8-3-9-19)14-20-18(22)7-11-21-10-4-12-25(21,23)24/h5-6,13H,3-4,7-12,14H2,1-2H3,(H,20,22).